The van der Waals surface area contributed by atoms with Crippen molar-refractivity contribution in [1.29, 1.82) is 0 Å². The van der Waals surface area contributed by atoms with Crippen LogP contribution in [0.3, 0.4) is 0 Å². The van der Waals surface area contributed by atoms with Crippen LogP contribution in [0.2, 0.25) is 0 Å². The number of aliphatic carboxylic acids is 1. The fourth-order valence-electron chi connectivity index (χ4n) is 0. The minimum atomic E-state index is -3.85. The van der Waals surface area contributed by atoms with E-state index in [0.29, 0.717) is 0 Å². The Bertz CT molecular complexity index is 268. The maximum Gasteiger partial charge on any atom is 1.00 e. The molecule has 0 rings (SSSR count). The second-order valence-corrected chi connectivity index (χ2v) is 4.25. The van der Waals surface area contributed by atoms with Gasteiger partial charge < -0.3 is 12.0 Å². The number of hydrogen-bond acceptors (Lipinski definition) is 3. The summed E-state index contributed by atoms with van der Waals surface area (Å²) in [5, 5.41) is 6.97. The van der Waals surface area contributed by atoms with E-state index in [2.05, 4.69) is 13.5 Å². The number of rotatable bonds is 2. The molecule has 0 aromatic carbocycles. The summed E-state index contributed by atoms with van der Waals surface area (Å²) in [5.41, 5.74) is 0.176. The average Bonchev–Trinajstić information content (AvgIpc) is 1.86. The summed E-state index contributed by atoms with van der Waals surface area (Å²) < 4.78 is 27.7. The van der Waals surface area contributed by atoms with E-state index in [-0.39, 0.29) is 57.0 Å². The quantitative estimate of drug-likeness (QED) is 0.249. The van der Waals surface area contributed by atoms with Crippen LogP contribution in [0.25, 0.3) is 0 Å². The molecule has 1 unspecified atom stereocenters. The molecule has 0 aromatic rings. The van der Waals surface area contributed by atoms with Crippen LogP contribution >= 0.6 is 0 Å². The SMILES string of the molecule is C=C(C)C(=O)O.[CH2-]C(C)S(=O)(=O)O.[K+]. The van der Waals surface area contributed by atoms with Gasteiger partial charge in [-0.3, -0.25) is 4.55 Å². The first-order valence-corrected chi connectivity index (χ1v) is 4.77. The molecular formula is C7H13KO5S. The van der Waals surface area contributed by atoms with E-state index in [0.717, 1.165) is 0 Å². The van der Waals surface area contributed by atoms with Crippen LogP contribution in [0, 0.1) is 6.92 Å². The molecule has 0 amide bonds. The van der Waals surface area contributed by atoms with Crippen molar-refractivity contribution in [2.24, 2.45) is 0 Å². The molecule has 14 heavy (non-hydrogen) atoms. The van der Waals surface area contributed by atoms with E-state index >= 15 is 0 Å². The summed E-state index contributed by atoms with van der Waals surface area (Å²) in [7, 11) is -3.85. The van der Waals surface area contributed by atoms with E-state index in [4.69, 9.17) is 9.66 Å². The Morgan fingerprint density at radius 1 is 1.50 bits per heavy atom. The standard InChI is InChI=1S/C4H6O2.C3H7O3S.K/c1-3(2)4(5)6;1-3(2)7(4,5)6;/h1H2,2H3,(H,5,6);3H,1H2,2H3,(H,4,5,6);/q;-1;+1. The molecule has 0 aromatic heterocycles. The molecule has 0 bridgehead atoms. The van der Waals surface area contributed by atoms with Crippen molar-refractivity contribution in [2.75, 3.05) is 0 Å². The molecule has 2 N–H and O–H groups in total. The Hall–Kier alpha value is 0.756. The molecule has 0 aliphatic carbocycles. The van der Waals surface area contributed by atoms with Crippen LogP contribution in [0.1, 0.15) is 13.8 Å². The zero-order valence-corrected chi connectivity index (χ0v) is 12.5. The fourth-order valence-corrected chi connectivity index (χ4v) is 0. The van der Waals surface area contributed by atoms with E-state index in [9.17, 15) is 13.2 Å². The first-order chi connectivity index (χ1) is 5.59. The predicted octanol–water partition coefficient (Wildman–Crippen LogP) is -2.25. The summed E-state index contributed by atoms with van der Waals surface area (Å²) in [6, 6.07) is 0. The molecular weight excluding hydrogens is 235 g/mol. The summed E-state index contributed by atoms with van der Waals surface area (Å²) in [6.45, 7) is 8.97. The van der Waals surface area contributed by atoms with Crippen LogP contribution in [0.5, 0.6) is 0 Å². The van der Waals surface area contributed by atoms with Gasteiger partial charge in [-0.2, -0.15) is 0 Å². The van der Waals surface area contributed by atoms with Gasteiger partial charge in [-0.1, -0.05) is 13.5 Å². The van der Waals surface area contributed by atoms with Crippen molar-refractivity contribution in [3.05, 3.63) is 19.1 Å². The number of carbonyl (C=O) groups is 1. The Morgan fingerprint density at radius 3 is 1.64 bits per heavy atom. The van der Waals surface area contributed by atoms with Gasteiger partial charge in [-0.05, 0) is 12.2 Å². The Kier molecular flexibility index (Phi) is 13.0. The minimum Gasteiger partial charge on any atom is -0.478 e. The van der Waals surface area contributed by atoms with Crippen LogP contribution in [-0.2, 0) is 14.9 Å². The maximum absolute atomic E-state index is 9.82. The van der Waals surface area contributed by atoms with E-state index in [1.165, 1.54) is 13.8 Å². The fraction of sp³-hybridized carbons (Fsp3) is 0.429. The van der Waals surface area contributed by atoms with Gasteiger partial charge in [0, 0.05) is 5.57 Å². The predicted molar refractivity (Wildman–Crippen MR) is 48.8 cm³/mol. The zero-order valence-electron chi connectivity index (χ0n) is 8.52. The van der Waals surface area contributed by atoms with Gasteiger partial charge in [0.25, 0.3) is 0 Å². The molecule has 0 aliphatic rings. The van der Waals surface area contributed by atoms with Crippen molar-refractivity contribution in [2.45, 2.75) is 19.1 Å². The van der Waals surface area contributed by atoms with Gasteiger partial charge in [0.2, 0.25) is 10.1 Å². The second kappa shape index (κ2) is 9.02. The Balaban J connectivity index is -0.000000163. The molecule has 7 heteroatoms. The third kappa shape index (κ3) is 15.2. The first-order valence-electron chi connectivity index (χ1n) is 3.27. The van der Waals surface area contributed by atoms with E-state index < -0.39 is 21.3 Å². The van der Waals surface area contributed by atoms with Crippen LogP contribution in [0.4, 0.5) is 0 Å². The first kappa shape index (κ1) is 20.2. The smallest absolute Gasteiger partial charge is 0.478 e. The number of carboxylic acid groups (broad SMARTS) is 1. The van der Waals surface area contributed by atoms with E-state index in [1.807, 2.05) is 0 Å². The monoisotopic (exact) mass is 248 g/mol. The van der Waals surface area contributed by atoms with Crippen molar-refractivity contribution in [1.82, 2.24) is 0 Å². The minimum absolute atomic E-state index is 0. The average molecular weight is 248 g/mol. The molecule has 5 nitrogen and oxygen atoms in total. The molecule has 0 fully saturated rings. The van der Waals surface area contributed by atoms with Gasteiger partial charge in [-0.25, -0.2) is 13.2 Å². The molecule has 0 radical (unpaired) electrons. The molecule has 0 heterocycles. The summed E-state index contributed by atoms with van der Waals surface area (Å²) in [4.78, 5) is 9.60. The third-order valence-electron chi connectivity index (χ3n) is 0.874. The maximum atomic E-state index is 9.82. The Labute approximate surface area is 127 Å². The number of carboxylic acids is 1. The van der Waals surface area contributed by atoms with Crippen molar-refractivity contribution in [3.8, 4) is 0 Å². The molecule has 0 saturated heterocycles. The summed E-state index contributed by atoms with van der Waals surface area (Å²) in [6.07, 6.45) is 0. The molecule has 1 atom stereocenters. The summed E-state index contributed by atoms with van der Waals surface area (Å²) in [5.74, 6) is -0.935. The normalized spacial score (nSPS) is 11.4. The van der Waals surface area contributed by atoms with Gasteiger partial charge in [0.05, 0.1) is 0 Å². The van der Waals surface area contributed by atoms with Gasteiger partial charge in [0.15, 0.2) is 0 Å². The van der Waals surface area contributed by atoms with Crippen LogP contribution in [-0.4, -0.2) is 29.3 Å². The van der Waals surface area contributed by atoms with Crippen LogP contribution in [0.15, 0.2) is 12.2 Å². The molecule has 0 saturated carbocycles. The largest absolute Gasteiger partial charge is 1.00 e. The Morgan fingerprint density at radius 2 is 1.64 bits per heavy atom. The van der Waals surface area contributed by atoms with Gasteiger partial charge in [0.1, 0.15) is 0 Å². The summed E-state index contributed by atoms with van der Waals surface area (Å²) >= 11 is 0. The third-order valence-corrected chi connectivity index (χ3v) is 1.89. The molecule has 0 spiro atoms. The molecule has 0 aliphatic heterocycles. The van der Waals surface area contributed by atoms with Crippen LogP contribution < -0.4 is 51.4 Å². The topological polar surface area (TPSA) is 91.7 Å². The second-order valence-electron chi connectivity index (χ2n) is 2.41. The van der Waals surface area contributed by atoms with Crippen molar-refractivity contribution in [3.63, 3.8) is 0 Å². The van der Waals surface area contributed by atoms with E-state index in [1.54, 1.807) is 0 Å². The van der Waals surface area contributed by atoms with Crippen molar-refractivity contribution < 1.29 is 74.3 Å². The van der Waals surface area contributed by atoms with Gasteiger partial charge in [-0.15, -0.1) is 0 Å². The molecule has 78 valence electrons. The van der Waals surface area contributed by atoms with Crippen molar-refractivity contribution >= 4 is 16.1 Å². The number of hydrogen-bond donors (Lipinski definition) is 2. The zero-order chi connectivity index (χ0) is 11.2. The van der Waals surface area contributed by atoms with Gasteiger partial charge >= 0.3 is 57.4 Å².